The van der Waals surface area contributed by atoms with E-state index in [1.165, 1.54) is 12.2 Å². The van der Waals surface area contributed by atoms with Gasteiger partial charge in [-0.2, -0.15) is 39.5 Å². The molecule has 0 N–H and O–H groups in total. The number of halogens is 3. The lowest BCUT2D eigenvalue weighted by atomic mass is 9.80. The molecule has 1 atom stereocenters. The van der Waals surface area contributed by atoms with Crippen molar-refractivity contribution in [1.82, 2.24) is 9.13 Å². The molecular formula is C42H22F3N7. The van der Waals surface area contributed by atoms with Gasteiger partial charge < -0.3 is 9.13 Å². The van der Waals surface area contributed by atoms with E-state index in [2.05, 4.69) is 30.3 Å². The second-order valence-corrected chi connectivity index (χ2v) is 12.8. The quantitative estimate of drug-likeness (QED) is 0.184. The lowest BCUT2D eigenvalue weighted by Gasteiger charge is -2.33. The summed E-state index contributed by atoms with van der Waals surface area (Å²) in [6.07, 6.45) is 0.211. The molecule has 4 aromatic carbocycles. The van der Waals surface area contributed by atoms with Gasteiger partial charge >= 0.3 is 6.18 Å². The summed E-state index contributed by atoms with van der Waals surface area (Å²) in [7, 11) is 0. The molecule has 1 unspecified atom stereocenters. The monoisotopic (exact) mass is 681 g/mol. The molecule has 2 aliphatic rings. The van der Waals surface area contributed by atoms with Crippen LogP contribution in [0.5, 0.6) is 0 Å². The number of nitrogens with zero attached hydrogens (tertiary/aromatic N) is 7. The molecule has 6 aromatic rings. The summed E-state index contributed by atoms with van der Waals surface area (Å²) >= 11 is 0. The van der Waals surface area contributed by atoms with E-state index in [1.807, 2.05) is 0 Å². The molecule has 0 saturated carbocycles. The van der Waals surface area contributed by atoms with Crippen LogP contribution in [0, 0.1) is 62.6 Å². The van der Waals surface area contributed by atoms with Crippen molar-refractivity contribution in [2.75, 3.05) is 0 Å². The fourth-order valence-corrected chi connectivity index (χ4v) is 7.62. The average molecular weight is 682 g/mol. The van der Waals surface area contributed by atoms with Crippen molar-refractivity contribution in [2.45, 2.75) is 25.4 Å². The number of alkyl halides is 3. The minimum absolute atomic E-state index is 0.0196. The minimum atomic E-state index is -4.70. The number of benzene rings is 4. The molecule has 7 nitrogen and oxygen atoms in total. The highest BCUT2D eigenvalue weighted by Crippen LogP contribution is 2.50. The van der Waals surface area contributed by atoms with E-state index < -0.39 is 18.5 Å². The topological polar surface area (TPSA) is 129 Å². The SMILES string of the molecule is N#CC1=CCCC(C2=CC(n3c4cc(C#N)ccc4c4ccc(C#N)cc43)=C(n3c4cc(C#N)ccc4c4ccc(C#N)cc43)CC2C(F)(F)F)=C1. The zero-order valence-corrected chi connectivity index (χ0v) is 27.1. The van der Waals surface area contributed by atoms with Gasteiger partial charge in [-0.1, -0.05) is 30.3 Å². The van der Waals surface area contributed by atoms with Crippen LogP contribution in [-0.2, 0) is 0 Å². The van der Waals surface area contributed by atoms with Crippen molar-refractivity contribution >= 4 is 55.0 Å². The van der Waals surface area contributed by atoms with Crippen molar-refractivity contribution in [1.29, 1.82) is 26.3 Å². The van der Waals surface area contributed by atoms with Gasteiger partial charge in [-0.3, -0.25) is 0 Å². The van der Waals surface area contributed by atoms with Crippen LogP contribution in [-0.4, -0.2) is 15.3 Å². The summed E-state index contributed by atoms with van der Waals surface area (Å²) in [6.45, 7) is 0. The summed E-state index contributed by atoms with van der Waals surface area (Å²) in [5, 5.41) is 52.2. The fourth-order valence-electron chi connectivity index (χ4n) is 7.62. The van der Waals surface area contributed by atoms with Gasteiger partial charge in [0.1, 0.15) is 0 Å². The van der Waals surface area contributed by atoms with E-state index in [9.17, 15) is 26.3 Å². The third-order valence-corrected chi connectivity index (χ3v) is 9.93. The number of nitriles is 5. The van der Waals surface area contributed by atoms with Crippen LogP contribution in [0.2, 0.25) is 0 Å². The zero-order chi connectivity index (χ0) is 36.3. The van der Waals surface area contributed by atoms with Crippen LogP contribution in [0.4, 0.5) is 13.2 Å². The molecule has 10 heteroatoms. The standard InChI is InChI=1S/C42H22F3N7/c43-42(44,45)35-18-41(52-38-15-27(22-49)6-10-32(38)33-11-7-28(23-50)16-39(33)52)40(17-34(35)29-3-1-2-24(12-29)19-46)51-36-13-25(20-47)4-8-30(36)31-9-5-26(21-48)14-37(31)51/h2,4-17,35H,1,3,18H2. The molecule has 0 radical (unpaired) electrons. The molecule has 246 valence electrons. The van der Waals surface area contributed by atoms with Gasteiger partial charge in [0.25, 0.3) is 0 Å². The van der Waals surface area contributed by atoms with Crippen LogP contribution >= 0.6 is 0 Å². The second kappa shape index (κ2) is 11.9. The molecular weight excluding hydrogens is 660 g/mol. The largest absolute Gasteiger partial charge is 0.396 e. The molecule has 2 aromatic heterocycles. The molecule has 2 heterocycles. The summed E-state index contributed by atoms with van der Waals surface area (Å²) in [4.78, 5) is 0. The van der Waals surface area contributed by atoms with E-state index >= 15 is 13.2 Å². The van der Waals surface area contributed by atoms with Crippen LogP contribution in [0.3, 0.4) is 0 Å². The van der Waals surface area contributed by atoms with Crippen molar-refractivity contribution in [3.8, 4) is 30.3 Å². The molecule has 0 aliphatic heterocycles. The maximum Gasteiger partial charge on any atom is 0.396 e. The summed E-state index contributed by atoms with van der Waals surface area (Å²) < 4.78 is 49.8. The highest BCUT2D eigenvalue weighted by Gasteiger charge is 2.46. The third kappa shape index (κ3) is 4.93. The van der Waals surface area contributed by atoms with E-state index in [-0.39, 0.29) is 16.8 Å². The second-order valence-electron chi connectivity index (χ2n) is 12.8. The van der Waals surface area contributed by atoms with Gasteiger partial charge in [0, 0.05) is 39.2 Å². The Labute approximate surface area is 294 Å². The van der Waals surface area contributed by atoms with E-state index in [0.717, 1.165) is 10.8 Å². The third-order valence-electron chi connectivity index (χ3n) is 9.93. The molecule has 0 fully saturated rings. The molecule has 2 aliphatic carbocycles. The number of allylic oxidation sites excluding steroid dienone is 8. The minimum Gasteiger partial charge on any atom is -0.311 e. The van der Waals surface area contributed by atoms with Crippen LogP contribution in [0.1, 0.15) is 41.5 Å². The first-order valence-corrected chi connectivity index (χ1v) is 16.3. The Kier molecular flexibility index (Phi) is 7.32. The van der Waals surface area contributed by atoms with Gasteiger partial charge in [0.05, 0.1) is 86.3 Å². The van der Waals surface area contributed by atoms with Crippen molar-refractivity contribution in [3.63, 3.8) is 0 Å². The van der Waals surface area contributed by atoms with Gasteiger partial charge in [-0.05, 0) is 84.7 Å². The Bertz CT molecular complexity index is 2790. The van der Waals surface area contributed by atoms with E-state index in [0.29, 0.717) is 79.2 Å². The summed E-state index contributed by atoms with van der Waals surface area (Å²) in [6, 6.07) is 31.0. The van der Waals surface area contributed by atoms with Crippen LogP contribution < -0.4 is 0 Å². The average Bonchev–Trinajstić information content (AvgIpc) is 3.67. The molecule has 52 heavy (non-hydrogen) atoms. The first-order valence-electron chi connectivity index (χ1n) is 16.3. The first-order chi connectivity index (χ1) is 25.2. The number of hydrogen-bond donors (Lipinski definition) is 0. The van der Waals surface area contributed by atoms with Crippen molar-refractivity contribution in [3.05, 3.63) is 130 Å². The number of rotatable bonds is 3. The highest BCUT2D eigenvalue weighted by atomic mass is 19.4. The van der Waals surface area contributed by atoms with Crippen LogP contribution in [0.15, 0.2) is 108 Å². The zero-order valence-electron chi connectivity index (χ0n) is 27.1. The van der Waals surface area contributed by atoms with E-state index in [4.69, 9.17) is 0 Å². The Morgan fingerprint density at radius 2 is 1.02 bits per heavy atom. The number of aromatic nitrogens is 2. The molecule has 0 spiro atoms. The van der Waals surface area contributed by atoms with Crippen molar-refractivity contribution < 1.29 is 13.2 Å². The van der Waals surface area contributed by atoms with Gasteiger partial charge in [0.2, 0.25) is 0 Å². The summed E-state index contributed by atoms with van der Waals surface area (Å²) in [5.41, 5.74) is 4.63. The maximum atomic E-state index is 15.4. The van der Waals surface area contributed by atoms with Gasteiger partial charge in [-0.25, -0.2) is 0 Å². The number of fused-ring (bicyclic) bond motifs is 6. The Balaban J connectivity index is 1.61. The lowest BCUT2D eigenvalue weighted by molar-refractivity contribution is -0.162. The fraction of sp³-hybridized carbons (Fsp3) is 0.119. The Morgan fingerprint density at radius 1 is 0.577 bits per heavy atom. The molecule has 0 amide bonds. The molecule has 8 rings (SSSR count). The predicted octanol–water partition coefficient (Wildman–Crippen LogP) is 9.89. The molecule has 0 bridgehead atoms. The smallest absolute Gasteiger partial charge is 0.311 e. The lowest BCUT2D eigenvalue weighted by Crippen LogP contribution is -2.30. The first kappa shape index (κ1) is 31.9. The van der Waals surface area contributed by atoms with Crippen molar-refractivity contribution in [2.24, 2.45) is 5.92 Å². The van der Waals surface area contributed by atoms with E-state index in [1.54, 1.807) is 88.0 Å². The molecule has 0 saturated heterocycles. The van der Waals surface area contributed by atoms with Gasteiger partial charge in [0.15, 0.2) is 0 Å². The highest BCUT2D eigenvalue weighted by molar-refractivity contribution is 6.15. The maximum absolute atomic E-state index is 15.4. The predicted molar refractivity (Wildman–Crippen MR) is 190 cm³/mol. The Morgan fingerprint density at radius 3 is 1.42 bits per heavy atom. The number of hydrogen-bond acceptors (Lipinski definition) is 5. The normalized spacial score (nSPS) is 16.1. The van der Waals surface area contributed by atoms with Gasteiger partial charge in [-0.15, -0.1) is 0 Å². The van der Waals surface area contributed by atoms with Crippen LogP contribution in [0.25, 0.3) is 55.0 Å². The Hall–Kier alpha value is -7.32. The summed E-state index contributed by atoms with van der Waals surface area (Å²) in [5.74, 6) is -1.97.